The van der Waals surface area contributed by atoms with Gasteiger partial charge in [0.15, 0.2) is 0 Å². The van der Waals surface area contributed by atoms with Crippen LogP contribution in [-0.2, 0) is 6.54 Å². The third-order valence-electron chi connectivity index (χ3n) is 4.02. The molecule has 0 aliphatic carbocycles. The van der Waals surface area contributed by atoms with Crippen molar-refractivity contribution in [2.75, 3.05) is 18.1 Å². The van der Waals surface area contributed by atoms with Crippen molar-refractivity contribution in [2.45, 2.75) is 44.1 Å². The maximum atomic E-state index is 9.41. The molecule has 0 bridgehead atoms. The molecule has 1 aromatic rings. The second-order valence-corrected chi connectivity index (χ2v) is 6.28. The maximum Gasteiger partial charge on any atom is 0.112 e. The minimum absolute atomic E-state index is 0.268. The molecule has 2 aliphatic heterocycles. The van der Waals surface area contributed by atoms with Gasteiger partial charge in [-0.25, -0.2) is 4.98 Å². The van der Waals surface area contributed by atoms with Crippen LogP contribution in [0.4, 0.5) is 0 Å². The van der Waals surface area contributed by atoms with Crippen molar-refractivity contribution in [1.82, 2.24) is 9.55 Å². The van der Waals surface area contributed by atoms with Gasteiger partial charge >= 0.3 is 0 Å². The van der Waals surface area contributed by atoms with Crippen molar-refractivity contribution in [1.29, 1.82) is 0 Å². The van der Waals surface area contributed by atoms with Crippen LogP contribution in [0, 0.1) is 0 Å². The lowest BCUT2D eigenvalue weighted by Crippen LogP contribution is -2.22. The standard InChI is InChI=1S/C13H20N2OS/c16-8-10-3-1-5-15-12(10)7-14-13(15)11-4-2-6-17-9-11/h7,10-11,16H,1-6,8-9H2. The predicted molar refractivity (Wildman–Crippen MR) is 70.6 cm³/mol. The van der Waals surface area contributed by atoms with E-state index in [2.05, 4.69) is 21.3 Å². The molecule has 0 aromatic carbocycles. The third-order valence-corrected chi connectivity index (χ3v) is 5.23. The van der Waals surface area contributed by atoms with Crippen molar-refractivity contribution < 1.29 is 5.11 Å². The number of fused-ring (bicyclic) bond motifs is 1. The Labute approximate surface area is 107 Å². The van der Waals surface area contributed by atoms with Crippen molar-refractivity contribution >= 4 is 11.8 Å². The topological polar surface area (TPSA) is 38.0 Å². The van der Waals surface area contributed by atoms with Gasteiger partial charge in [0, 0.05) is 36.0 Å². The molecule has 1 N–H and O–H groups in total. The van der Waals surface area contributed by atoms with Crippen molar-refractivity contribution in [2.24, 2.45) is 0 Å². The van der Waals surface area contributed by atoms with E-state index in [1.165, 1.54) is 42.3 Å². The second kappa shape index (κ2) is 5.02. The number of aromatic nitrogens is 2. The molecule has 0 radical (unpaired) electrons. The zero-order valence-corrected chi connectivity index (χ0v) is 11.0. The van der Waals surface area contributed by atoms with E-state index in [0.29, 0.717) is 11.8 Å². The van der Waals surface area contributed by atoms with Crippen LogP contribution in [-0.4, -0.2) is 32.8 Å². The van der Waals surface area contributed by atoms with Gasteiger partial charge < -0.3 is 9.67 Å². The summed E-state index contributed by atoms with van der Waals surface area (Å²) in [6.07, 6.45) is 6.91. The highest BCUT2D eigenvalue weighted by molar-refractivity contribution is 7.99. The van der Waals surface area contributed by atoms with Crippen LogP contribution >= 0.6 is 11.8 Å². The van der Waals surface area contributed by atoms with E-state index in [9.17, 15) is 5.11 Å². The van der Waals surface area contributed by atoms with Gasteiger partial charge in [0.1, 0.15) is 5.82 Å². The van der Waals surface area contributed by atoms with Gasteiger partial charge in [0.2, 0.25) is 0 Å². The molecule has 1 fully saturated rings. The fourth-order valence-corrected chi connectivity index (χ4v) is 4.21. The SMILES string of the molecule is OCC1CCCn2c1cnc2C1CCCSC1. The van der Waals surface area contributed by atoms with Gasteiger partial charge in [-0.1, -0.05) is 0 Å². The number of hydrogen-bond donors (Lipinski definition) is 1. The summed E-state index contributed by atoms with van der Waals surface area (Å²) in [4.78, 5) is 4.66. The molecule has 0 amide bonds. The highest BCUT2D eigenvalue weighted by atomic mass is 32.2. The molecule has 3 nitrogen and oxygen atoms in total. The van der Waals surface area contributed by atoms with E-state index in [1.807, 2.05) is 6.20 Å². The van der Waals surface area contributed by atoms with Crippen molar-refractivity contribution in [3.05, 3.63) is 17.7 Å². The van der Waals surface area contributed by atoms with Crippen molar-refractivity contribution in [3.63, 3.8) is 0 Å². The monoisotopic (exact) mass is 252 g/mol. The Morgan fingerprint density at radius 2 is 2.35 bits per heavy atom. The van der Waals surface area contributed by atoms with Crippen LogP contribution < -0.4 is 0 Å². The summed E-state index contributed by atoms with van der Waals surface area (Å²) in [5, 5.41) is 9.41. The molecule has 2 unspecified atom stereocenters. The maximum absolute atomic E-state index is 9.41. The Kier molecular flexibility index (Phi) is 3.43. The summed E-state index contributed by atoms with van der Waals surface area (Å²) >= 11 is 2.06. The molecule has 1 saturated heterocycles. The summed E-state index contributed by atoms with van der Waals surface area (Å²) in [6, 6.07) is 0. The molecule has 2 atom stereocenters. The second-order valence-electron chi connectivity index (χ2n) is 5.13. The van der Waals surface area contributed by atoms with Crippen molar-refractivity contribution in [3.8, 4) is 0 Å². The van der Waals surface area contributed by atoms with E-state index in [1.54, 1.807) is 0 Å². The Morgan fingerprint density at radius 3 is 3.12 bits per heavy atom. The Bertz CT molecular complexity index is 385. The van der Waals surface area contributed by atoms with Gasteiger partial charge in [-0.2, -0.15) is 11.8 Å². The van der Waals surface area contributed by atoms with Gasteiger partial charge in [-0.05, 0) is 31.4 Å². The van der Waals surface area contributed by atoms with Gasteiger partial charge in [0.25, 0.3) is 0 Å². The number of rotatable bonds is 2. The molecule has 17 heavy (non-hydrogen) atoms. The summed E-state index contributed by atoms with van der Waals surface area (Å²) in [5.74, 6) is 4.77. The number of nitrogens with zero attached hydrogens (tertiary/aromatic N) is 2. The fourth-order valence-electron chi connectivity index (χ4n) is 3.07. The largest absolute Gasteiger partial charge is 0.396 e. The molecular formula is C13H20N2OS. The Morgan fingerprint density at radius 1 is 1.41 bits per heavy atom. The summed E-state index contributed by atoms with van der Waals surface area (Å²) in [6.45, 7) is 1.37. The van der Waals surface area contributed by atoms with E-state index in [0.717, 1.165) is 13.0 Å². The molecule has 2 aliphatic rings. The third kappa shape index (κ3) is 2.13. The first-order valence-electron chi connectivity index (χ1n) is 6.64. The molecule has 0 spiro atoms. The average molecular weight is 252 g/mol. The number of thioether (sulfide) groups is 1. The van der Waals surface area contributed by atoms with Crippen LogP contribution in [0.15, 0.2) is 6.20 Å². The molecule has 94 valence electrons. The fraction of sp³-hybridized carbons (Fsp3) is 0.769. The lowest BCUT2D eigenvalue weighted by molar-refractivity contribution is 0.240. The number of aliphatic hydroxyl groups excluding tert-OH is 1. The smallest absolute Gasteiger partial charge is 0.112 e. The highest BCUT2D eigenvalue weighted by Crippen LogP contribution is 2.35. The Hall–Kier alpha value is -0.480. The zero-order valence-electron chi connectivity index (χ0n) is 10.1. The average Bonchev–Trinajstić information content (AvgIpc) is 2.83. The van der Waals surface area contributed by atoms with Gasteiger partial charge in [-0.15, -0.1) is 0 Å². The van der Waals surface area contributed by atoms with E-state index in [-0.39, 0.29) is 6.61 Å². The first kappa shape index (κ1) is 11.6. The first-order valence-corrected chi connectivity index (χ1v) is 7.79. The lowest BCUT2D eigenvalue weighted by Gasteiger charge is -2.27. The zero-order chi connectivity index (χ0) is 11.7. The number of imidazole rings is 1. The Balaban J connectivity index is 1.88. The van der Waals surface area contributed by atoms with Gasteiger partial charge in [-0.3, -0.25) is 0 Å². The lowest BCUT2D eigenvalue weighted by atomic mass is 9.96. The van der Waals surface area contributed by atoms with Crippen LogP contribution in [0.1, 0.15) is 49.0 Å². The van der Waals surface area contributed by atoms with E-state index < -0.39 is 0 Å². The number of hydrogen-bond acceptors (Lipinski definition) is 3. The molecule has 3 rings (SSSR count). The normalized spacial score (nSPS) is 29.0. The first-order chi connectivity index (χ1) is 8.40. The minimum atomic E-state index is 0.268. The predicted octanol–water partition coefficient (Wildman–Crippen LogP) is 2.36. The van der Waals surface area contributed by atoms with E-state index in [4.69, 9.17) is 0 Å². The molecule has 4 heteroatoms. The van der Waals surface area contributed by atoms with Crippen LogP contribution in [0.5, 0.6) is 0 Å². The van der Waals surface area contributed by atoms with Crippen LogP contribution in [0.25, 0.3) is 0 Å². The molecular weight excluding hydrogens is 232 g/mol. The highest BCUT2D eigenvalue weighted by Gasteiger charge is 2.27. The molecule has 3 heterocycles. The van der Waals surface area contributed by atoms with Gasteiger partial charge in [0.05, 0.1) is 6.61 Å². The number of aliphatic hydroxyl groups is 1. The van der Waals surface area contributed by atoms with Crippen LogP contribution in [0.2, 0.25) is 0 Å². The molecule has 0 saturated carbocycles. The summed E-state index contributed by atoms with van der Waals surface area (Å²) in [5.41, 5.74) is 1.27. The van der Waals surface area contributed by atoms with Crippen LogP contribution in [0.3, 0.4) is 0 Å². The summed E-state index contributed by atoms with van der Waals surface area (Å²) in [7, 11) is 0. The minimum Gasteiger partial charge on any atom is -0.396 e. The summed E-state index contributed by atoms with van der Waals surface area (Å²) < 4.78 is 2.39. The molecule has 1 aromatic heterocycles. The quantitative estimate of drug-likeness (QED) is 0.878. The van der Waals surface area contributed by atoms with E-state index >= 15 is 0 Å².